The van der Waals surface area contributed by atoms with Crippen LogP contribution in [0, 0.1) is 0 Å². The topological polar surface area (TPSA) is 108 Å². The Hall–Kier alpha value is -2.32. The van der Waals surface area contributed by atoms with Crippen molar-refractivity contribution in [3.63, 3.8) is 0 Å². The standard InChI is InChI=1S/C67H123N2O6P/c1-6-8-10-12-14-16-18-20-21-22-23-24-25-26-27-28-29-30-31-32-33-34-35-36-37-38-39-40-41-42-43-44-45-46-47-49-51-53-55-57-59-61-67(71)68-65(64-75-76(72,73)74-63-62-69(3,4)5)66(70)60-58-56-54-52-50-48-19-17-15-13-11-9-7-2/h8,10,14,16,20-21,23-24,26-27,29-30,32-33,65-66,70H,6-7,9,11-13,15,17-19,22,25,28,31,34-64H2,1-5H3,(H-,68,71,72,73)/b10-8-,16-14-,21-20-,24-23-,27-26-,30-29-,33-32-. The van der Waals surface area contributed by atoms with Gasteiger partial charge in [0.2, 0.25) is 5.91 Å². The molecule has 0 aliphatic heterocycles. The van der Waals surface area contributed by atoms with Gasteiger partial charge in [0.05, 0.1) is 39.9 Å². The Balaban J connectivity index is 3.90. The predicted molar refractivity (Wildman–Crippen MR) is 330 cm³/mol. The molecular formula is C67H123N2O6P. The van der Waals surface area contributed by atoms with Crippen LogP contribution in [0.5, 0.6) is 0 Å². The number of quaternary nitrogens is 1. The Morgan fingerprint density at radius 1 is 0.474 bits per heavy atom. The van der Waals surface area contributed by atoms with Crippen molar-refractivity contribution in [3.05, 3.63) is 85.1 Å². The number of aliphatic hydroxyl groups is 1. The van der Waals surface area contributed by atoms with E-state index < -0.39 is 20.0 Å². The quantitative estimate of drug-likeness (QED) is 0.0272. The van der Waals surface area contributed by atoms with Crippen molar-refractivity contribution < 1.29 is 32.9 Å². The van der Waals surface area contributed by atoms with E-state index >= 15 is 0 Å². The highest BCUT2D eigenvalue weighted by Gasteiger charge is 2.24. The third-order valence-corrected chi connectivity index (χ3v) is 15.1. The number of hydrogen-bond acceptors (Lipinski definition) is 6. The Bertz CT molecular complexity index is 1510. The van der Waals surface area contributed by atoms with Gasteiger partial charge >= 0.3 is 0 Å². The largest absolute Gasteiger partial charge is 0.756 e. The Morgan fingerprint density at radius 2 is 0.803 bits per heavy atom. The number of rotatable bonds is 58. The highest BCUT2D eigenvalue weighted by molar-refractivity contribution is 7.45. The summed E-state index contributed by atoms with van der Waals surface area (Å²) in [5.41, 5.74) is 0. The maximum atomic E-state index is 13.0. The molecule has 9 heteroatoms. The maximum Gasteiger partial charge on any atom is 0.268 e. The lowest BCUT2D eigenvalue weighted by atomic mass is 10.0. The highest BCUT2D eigenvalue weighted by Crippen LogP contribution is 2.38. The number of phosphoric ester groups is 1. The molecule has 3 unspecified atom stereocenters. The summed E-state index contributed by atoms with van der Waals surface area (Å²) in [7, 11) is 1.31. The number of carbonyl (C=O) groups excluding carboxylic acids is 1. The van der Waals surface area contributed by atoms with E-state index in [0.29, 0.717) is 23.9 Å². The number of carbonyl (C=O) groups is 1. The normalized spacial score (nSPS) is 14.4. The van der Waals surface area contributed by atoms with Crippen molar-refractivity contribution in [2.75, 3.05) is 40.9 Å². The summed E-state index contributed by atoms with van der Waals surface area (Å²) in [6.45, 7) is 4.62. The van der Waals surface area contributed by atoms with Gasteiger partial charge in [-0.25, -0.2) is 0 Å². The molecule has 0 aromatic carbocycles. The molecule has 0 rings (SSSR count). The second-order valence-electron chi connectivity index (χ2n) is 22.7. The third kappa shape index (κ3) is 59.3. The van der Waals surface area contributed by atoms with Gasteiger partial charge in [-0.15, -0.1) is 0 Å². The molecule has 0 saturated carbocycles. The second-order valence-corrected chi connectivity index (χ2v) is 24.2. The van der Waals surface area contributed by atoms with Crippen molar-refractivity contribution in [2.45, 2.75) is 296 Å². The first kappa shape index (κ1) is 73.7. The summed E-state index contributed by atoms with van der Waals surface area (Å²) in [6.07, 6.45) is 80.8. The zero-order valence-corrected chi connectivity index (χ0v) is 51.3. The average Bonchev–Trinajstić information content (AvgIpc) is 3.38. The minimum absolute atomic E-state index is 0.0117. The lowest BCUT2D eigenvalue weighted by Crippen LogP contribution is -2.46. The molecule has 0 heterocycles. The molecule has 0 aromatic heterocycles. The van der Waals surface area contributed by atoms with E-state index in [-0.39, 0.29) is 19.1 Å². The van der Waals surface area contributed by atoms with Gasteiger partial charge in [-0.1, -0.05) is 292 Å². The van der Waals surface area contributed by atoms with E-state index in [9.17, 15) is 19.4 Å². The van der Waals surface area contributed by atoms with Crippen LogP contribution in [-0.2, 0) is 18.4 Å². The number of phosphoric acid groups is 1. The molecule has 0 aliphatic carbocycles. The van der Waals surface area contributed by atoms with Gasteiger partial charge in [0.1, 0.15) is 13.2 Å². The van der Waals surface area contributed by atoms with E-state index in [1.165, 1.54) is 173 Å². The van der Waals surface area contributed by atoms with Crippen LogP contribution in [0.3, 0.4) is 0 Å². The maximum absolute atomic E-state index is 13.0. The summed E-state index contributed by atoms with van der Waals surface area (Å²) in [5.74, 6) is -0.163. The summed E-state index contributed by atoms with van der Waals surface area (Å²) in [6, 6.07) is -0.801. The van der Waals surface area contributed by atoms with E-state index in [2.05, 4.69) is 104 Å². The van der Waals surface area contributed by atoms with Gasteiger partial charge in [-0.05, 0) is 70.6 Å². The summed E-state index contributed by atoms with van der Waals surface area (Å²) < 4.78 is 23.4. The number of nitrogens with one attached hydrogen (secondary N) is 1. The van der Waals surface area contributed by atoms with Crippen molar-refractivity contribution in [2.24, 2.45) is 0 Å². The minimum Gasteiger partial charge on any atom is -0.756 e. The molecule has 0 aromatic rings. The van der Waals surface area contributed by atoms with Crippen molar-refractivity contribution in [1.82, 2.24) is 5.32 Å². The molecule has 76 heavy (non-hydrogen) atoms. The molecule has 0 saturated heterocycles. The van der Waals surface area contributed by atoms with E-state index in [1.54, 1.807) is 0 Å². The monoisotopic (exact) mass is 1080 g/mol. The number of allylic oxidation sites excluding steroid dienone is 14. The minimum atomic E-state index is -4.57. The molecule has 0 spiro atoms. The van der Waals surface area contributed by atoms with Gasteiger partial charge in [0.15, 0.2) is 0 Å². The first-order valence-corrected chi connectivity index (χ1v) is 33.4. The second kappa shape index (κ2) is 57.4. The molecule has 0 aliphatic rings. The van der Waals surface area contributed by atoms with E-state index in [4.69, 9.17) is 9.05 Å². The molecule has 0 radical (unpaired) electrons. The summed E-state index contributed by atoms with van der Waals surface area (Å²) in [4.78, 5) is 25.5. The van der Waals surface area contributed by atoms with Crippen LogP contribution in [0.1, 0.15) is 284 Å². The van der Waals surface area contributed by atoms with E-state index in [1.807, 2.05) is 21.1 Å². The van der Waals surface area contributed by atoms with Crippen LogP contribution in [-0.4, -0.2) is 68.5 Å². The van der Waals surface area contributed by atoms with Gasteiger partial charge < -0.3 is 28.8 Å². The zero-order chi connectivity index (χ0) is 55.6. The summed E-state index contributed by atoms with van der Waals surface area (Å²) >= 11 is 0. The molecule has 1 amide bonds. The number of amides is 1. The fraction of sp³-hybridized carbons (Fsp3) is 0.776. The van der Waals surface area contributed by atoms with Gasteiger partial charge in [0, 0.05) is 6.42 Å². The van der Waals surface area contributed by atoms with Crippen LogP contribution in [0.25, 0.3) is 0 Å². The molecule has 8 nitrogen and oxygen atoms in total. The molecule has 2 N–H and O–H groups in total. The van der Waals surface area contributed by atoms with Gasteiger partial charge in [-0.2, -0.15) is 0 Å². The molecule has 0 bridgehead atoms. The van der Waals surface area contributed by atoms with Gasteiger partial charge in [-0.3, -0.25) is 9.36 Å². The molecular weight excluding hydrogens is 960 g/mol. The lowest BCUT2D eigenvalue weighted by molar-refractivity contribution is -0.870. The lowest BCUT2D eigenvalue weighted by Gasteiger charge is -2.30. The Morgan fingerprint density at radius 3 is 1.17 bits per heavy atom. The number of hydrogen-bond donors (Lipinski definition) is 2. The number of nitrogens with zero attached hydrogens (tertiary/aromatic N) is 1. The Kier molecular flexibility index (Phi) is 55.6. The fourth-order valence-corrected chi connectivity index (χ4v) is 9.92. The number of likely N-dealkylation sites (N-methyl/N-ethyl adjacent to an activating group) is 1. The van der Waals surface area contributed by atoms with Crippen LogP contribution in [0.15, 0.2) is 85.1 Å². The number of unbranched alkanes of at least 4 members (excludes halogenated alkanes) is 31. The van der Waals surface area contributed by atoms with Crippen LogP contribution in [0.2, 0.25) is 0 Å². The van der Waals surface area contributed by atoms with Gasteiger partial charge in [0.25, 0.3) is 7.82 Å². The fourth-order valence-electron chi connectivity index (χ4n) is 9.20. The number of aliphatic hydroxyl groups excluding tert-OH is 1. The smallest absolute Gasteiger partial charge is 0.268 e. The average molecular weight is 1080 g/mol. The molecule has 0 fully saturated rings. The molecule has 3 atom stereocenters. The highest BCUT2D eigenvalue weighted by atomic mass is 31.2. The predicted octanol–water partition coefficient (Wildman–Crippen LogP) is 19.4. The Labute approximate surface area is 471 Å². The first-order valence-electron chi connectivity index (χ1n) is 31.9. The van der Waals surface area contributed by atoms with Crippen LogP contribution >= 0.6 is 7.82 Å². The van der Waals surface area contributed by atoms with E-state index in [0.717, 1.165) is 83.5 Å². The van der Waals surface area contributed by atoms with Crippen LogP contribution < -0.4 is 10.2 Å². The van der Waals surface area contributed by atoms with Crippen LogP contribution in [0.4, 0.5) is 0 Å². The first-order chi connectivity index (χ1) is 37.0. The van der Waals surface area contributed by atoms with Crippen molar-refractivity contribution >= 4 is 13.7 Å². The summed E-state index contributed by atoms with van der Waals surface area (Å²) in [5, 5.41) is 14.0. The molecule has 442 valence electrons. The third-order valence-electron chi connectivity index (χ3n) is 14.1. The zero-order valence-electron chi connectivity index (χ0n) is 50.4. The van der Waals surface area contributed by atoms with Crippen molar-refractivity contribution in [1.29, 1.82) is 0 Å². The SMILES string of the molecule is CC/C=C\C/C=C\C/C=C\C/C=C\C/C=C\C/C=C\C/C=C\CCCCCCCCCCCCCCCCCCCCCC(=O)NC(COP(=O)([O-])OCC[N+](C)(C)C)C(O)CCCCCCCCCCCCCCC. The van der Waals surface area contributed by atoms with Crippen molar-refractivity contribution in [3.8, 4) is 0 Å².